The van der Waals surface area contributed by atoms with E-state index in [1.165, 1.54) is 0 Å². The van der Waals surface area contributed by atoms with Crippen LogP contribution in [0.15, 0.2) is 78.9 Å². The molecular weight excluding hydrogens is 471 g/mol. The third-order valence-corrected chi connectivity index (χ3v) is 5.95. The van der Waals surface area contributed by atoms with Crippen LogP contribution in [-0.4, -0.2) is 17.5 Å². The summed E-state index contributed by atoms with van der Waals surface area (Å²) in [6.45, 7) is 0.689. The summed E-state index contributed by atoms with van der Waals surface area (Å²) < 4.78 is 11.6. The lowest BCUT2D eigenvalue weighted by atomic mass is 10.1. The van der Waals surface area contributed by atoms with Gasteiger partial charge in [-0.25, -0.2) is 4.98 Å². The van der Waals surface area contributed by atoms with Crippen molar-refractivity contribution in [1.29, 1.82) is 0 Å². The molecule has 5 nitrogen and oxygen atoms in total. The van der Waals surface area contributed by atoms with Gasteiger partial charge in [-0.3, -0.25) is 4.79 Å². The molecule has 7 heteroatoms. The second-order valence-corrected chi connectivity index (χ2v) is 8.68. The lowest BCUT2D eigenvalue weighted by Gasteiger charge is -2.19. The fraction of sp³-hybridized carbons (Fsp3) is 0.111. The monoisotopic (exact) mass is 490 g/mol. The Morgan fingerprint density at radius 1 is 0.971 bits per heavy atom. The van der Waals surface area contributed by atoms with Crippen LogP contribution in [0.4, 0.5) is 5.82 Å². The lowest BCUT2D eigenvalue weighted by molar-refractivity contribution is 0.102. The zero-order valence-electron chi connectivity index (χ0n) is 18.1. The highest BCUT2D eigenvalue weighted by Crippen LogP contribution is 2.37. The van der Waals surface area contributed by atoms with Gasteiger partial charge in [-0.15, -0.1) is 0 Å². The maximum absolute atomic E-state index is 12.7. The number of hydrogen-bond acceptors (Lipinski definition) is 4. The molecule has 2 heterocycles. The van der Waals surface area contributed by atoms with Crippen molar-refractivity contribution >= 4 is 34.9 Å². The molecule has 0 radical (unpaired) electrons. The van der Waals surface area contributed by atoms with Gasteiger partial charge in [-0.05, 0) is 73.0 Å². The predicted octanol–water partition coefficient (Wildman–Crippen LogP) is 7.43. The summed E-state index contributed by atoms with van der Waals surface area (Å²) in [7, 11) is 0. The Morgan fingerprint density at radius 2 is 1.79 bits per heavy atom. The third kappa shape index (κ3) is 5.01. The van der Waals surface area contributed by atoms with Gasteiger partial charge in [0.15, 0.2) is 0 Å². The molecular formula is C27H20Cl2N2O3. The molecule has 0 aliphatic carbocycles. The van der Waals surface area contributed by atoms with Crippen LogP contribution >= 0.6 is 23.2 Å². The van der Waals surface area contributed by atoms with Crippen LogP contribution in [0.3, 0.4) is 0 Å². The first-order chi connectivity index (χ1) is 16.5. The van der Waals surface area contributed by atoms with Crippen LogP contribution in [-0.2, 0) is 6.42 Å². The van der Waals surface area contributed by atoms with Gasteiger partial charge >= 0.3 is 0 Å². The number of halogens is 2. The number of pyridine rings is 1. The number of carbonyl (C=O) groups is 1. The van der Waals surface area contributed by atoms with Crippen LogP contribution in [0.1, 0.15) is 22.3 Å². The number of benzene rings is 3. The van der Waals surface area contributed by atoms with Crippen molar-refractivity contribution in [3.8, 4) is 28.5 Å². The number of anilines is 1. The van der Waals surface area contributed by atoms with Crippen LogP contribution in [0.5, 0.6) is 17.2 Å². The van der Waals surface area contributed by atoms with Crippen molar-refractivity contribution in [3.63, 3.8) is 0 Å². The molecule has 0 fully saturated rings. The largest absolute Gasteiger partial charge is 0.493 e. The van der Waals surface area contributed by atoms with Gasteiger partial charge in [-0.1, -0.05) is 41.4 Å². The fourth-order valence-electron chi connectivity index (χ4n) is 3.73. The number of carbonyl (C=O) groups excluding carboxylic acids is 1. The number of hydrogen-bond donors (Lipinski definition) is 1. The number of aryl methyl sites for hydroxylation is 1. The Kier molecular flexibility index (Phi) is 6.39. The van der Waals surface area contributed by atoms with Crippen LogP contribution in [0, 0.1) is 0 Å². The predicted molar refractivity (Wildman–Crippen MR) is 134 cm³/mol. The van der Waals surface area contributed by atoms with Gasteiger partial charge in [0.05, 0.1) is 17.3 Å². The van der Waals surface area contributed by atoms with Crippen LogP contribution in [0.2, 0.25) is 10.0 Å². The summed E-state index contributed by atoms with van der Waals surface area (Å²) in [4.78, 5) is 17.3. The standard InChI is InChI=1S/C27H20Cl2N2O3/c28-20-6-1-4-18(14-20)23-7-2-8-26(30-23)31-27(32)17-9-11-21(12-10-17)34-25-16-24-19(15-22(25)29)5-3-13-33-24/h1-2,4,6-12,14-16H,3,5,13H2,(H,30,31,32). The summed E-state index contributed by atoms with van der Waals surface area (Å²) in [5, 5.41) is 3.98. The van der Waals surface area contributed by atoms with E-state index in [-0.39, 0.29) is 5.91 Å². The van der Waals surface area contributed by atoms with E-state index in [0.717, 1.165) is 35.4 Å². The summed E-state index contributed by atoms with van der Waals surface area (Å²) in [6, 6.07) is 23.4. The lowest BCUT2D eigenvalue weighted by Crippen LogP contribution is -2.13. The molecule has 3 aromatic carbocycles. The number of aromatic nitrogens is 1. The van der Waals surface area contributed by atoms with E-state index in [2.05, 4.69) is 10.3 Å². The minimum atomic E-state index is -0.275. The number of rotatable bonds is 5. The van der Waals surface area contributed by atoms with Crippen molar-refractivity contribution < 1.29 is 14.3 Å². The van der Waals surface area contributed by atoms with E-state index in [4.69, 9.17) is 32.7 Å². The van der Waals surface area contributed by atoms with E-state index >= 15 is 0 Å². The van der Waals surface area contributed by atoms with E-state index in [9.17, 15) is 4.79 Å². The molecule has 0 bridgehead atoms. The van der Waals surface area contributed by atoms with Crippen molar-refractivity contribution in [2.24, 2.45) is 0 Å². The smallest absolute Gasteiger partial charge is 0.256 e. The van der Waals surface area contributed by atoms with Gasteiger partial charge in [0.1, 0.15) is 23.1 Å². The number of ether oxygens (including phenoxy) is 2. The maximum Gasteiger partial charge on any atom is 0.256 e. The van der Waals surface area contributed by atoms with E-state index in [0.29, 0.717) is 39.5 Å². The molecule has 1 aliphatic rings. The molecule has 34 heavy (non-hydrogen) atoms. The highest BCUT2D eigenvalue weighted by molar-refractivity contribution is 6.32. The van der Waals surface area contributed by atoms with Gasteiger partial charge < -0.3 is 14.8 Å². The number of nitrogens with zero attached hydrogens (tertiary/aromatic N) is 1. The SMILES string of the molecule is O=C(Nc1cccc(-c2cccc(Cl)c2)n1)c1ccc(Oc2cc3c(cc2Cl)CCCO3)cc1. The quantitative estimate of drug-likeness (QED) is 0.316. The summed E-state index contributed by atoms with van der Waals surface area (Å²) >= 11 is 12.5. The van der Waals surface area contributed by atoms with Gasteiger partial charge in [0.25, 0.3) is 5.91 Å². The van der Waals surface area contributed by atoms with Gasteiger partial charge in [0.2, 0.25) is 0 Å². The molecule has 0 unspecified atom stereocenters. The van der Waals surface area contributed by atoms with E-state index < -0.39 is 0 Å². The minimum Gasteiger partial charge on any atom is -0.493 e. The maximum atomic E-state index is 12.7. The third-order valence-electron chi connectivity index (χ3n) is 5.42. The summed E-state index contributed by atoms with van der Waals surface area (Å²) in [5.41, 5.74) is 3.15. The number of amides is 1. The Labute approximate surface area is 207 Å². The molecule has 4 aromatic rings. The normalized spacial score (nSPS) is 12.4. The molecule has 0 atom stereocenters. The minimum absolute atomic E-state index is 0.275. The van der Waals surface area contributed by atoms with Crippen LogP contribution < -0.4 is 14.8 Å². The molecule has 0 saturated carbocycles. The molecule has 1 aliphatic heterocycles. The zero-order valence-corrected chi connectivity index (χ0v) is 19.6. The molecule has 1 aromatic heterocycles. The molecule has 170 valence electrons. The second-order valence-electron chi connectivity index (χ2n) is 7.84. The zero-order chi connectivity index (χ0) is 23.5. The molecule has 1 N–H and O–H groups in total. The highest BCUT2D eigenvalue weighted by atomic mass is 35.5. The molecule has 5 rings (SSSR count). The first-order valence-corrected chi connectivity index (χ1v) is 11.6. The average molecular weight is 491 g/mol. The first-order valence-electron chi connectivity index (χ1n) is 10.8. The number of nitrogens with one attached hydrogen (secondary N) is 1. The Bertz CT molecular complexity index is 1360. The molecule has 1 amide bonds. The summed E-state index contributed by atoms with van der Waals surface area (Å²) in [6.07, 6.45) is 1.92. The van der Waals surface area contributed by atoms with Gasteiger partial charge in [-0.2, -0.15) is 0 Å². The van der Waals surface area contributed by atoms with Crippen molar-refractivity contribution in [1.82, 2.24) is 4.98 Å². The molecule has 0 saturated heterocycles. The van der Waals surface area contributed by atoms with Gasteiger partial charge in [0, 0.05) is 22.2 Å². The Morgan fingerprint density at radius 3 is 2.62 bits per heavy atom. The highest BCUT2D eigenvalue weighted by Gasteiger charge is 2.15. The number of fused-ring (bicyclic) bond motifs is 1. The summed E-state index contributed by atoms with van der Waals surface area (Å²) in [5.74, 6) is 2.05. The first kappa shape index (κ1) is 22.3. The van der Waals surface area contributed by atoms with E-state index in [1.54, 1.807) is 36.4 Å². The Hall–Kier alpha value is -3.54. The average Bonchev–Trinajstić information content (AvgIpc) is 2.85. The van der Waals surface area contributed by atoms with Crippen molar-refractivity contribution in [2.75, 3.05) is 11.9 Å². The second kappa shape index (κ2) is 9.75. The van der Waals surface area contributed by atoms with Crippen molar-refractivity contribution in [2.45, 2.75) is 12.8 Å². The fourth-order valence-corrected chi connectivity index (χ4v) is 4.15. The topological polar surface area (TPSA) is 60.5 Å². The molecule has 0 spiro atoms. The Balaban J connectivity index is 1.28. The van der Waals surface area contributed by atoms with E-state index in [1.807, 2.05) is 42.5 Å². The van der Waals surface area contributed by atoms with Crippen LogP contribution in [0.25, 0.3) is 11.3 Å². The van der Waals surface area contributed by atoms with Crippen molar-refractivity contribution in [3.05, 3.63) is 100 Å².